The number of nitrogens with zero attached hydrogens (tertiary/aromatic N) is 5. The van der Waals surface area contributed by atoms with E-state index in [0.29, 0.717) is 17.3 Å². The van der Waals surface area contributed by atoms with Crippen molar-refractivity contribution in [2.24, 2.45) is 5.92 Å². The molecule has 8 nitrogen and oxygen atoms in total. The smallest absolute Gasteiger partial charge is 0.231 e. The van der Waals surface area contributed by atoms with Gasteiger partial charge in [-0.05, 0) is 12.8 Å². The Hall–Kier alpha value is -2.55. The highest BCUT2D eigenvalue weighted by atomic mass is 32.1. The second kappa shape index (κ2) is 5.92. The molecule has 4 rings (SSSR count). The molecule has 118 valence electrons. The Morgan fingerprint density at radius 3 is 3.17 bits per heavy atom. The molecule has 0 aromatic carbocycles. The summed E-state index contributed by atoms with van der Waals surface area (Å²) in [6.07, 6.45) is 6.61. The van der Waals surface area contributed by atoms with Gasteiger partial charge in [-0.3, -0.25) is 4.79 Å². The maximum absolute atomic E-state index is 12.4. The van der Waals surface area contributed by atoms with Crippen LogP contribution in [0.2, 0.25) is 0 Å². The molecule has 1 fully saturated rings. The van der Waals surface area contributed by atoms with Gasteiger partial charge in [0.25, 0.3) is 0 Å². The number of piperidine rings is 1. The summed E-state index contributed by atoms with van der Waals surface area (Å²) in [5.74, 6) is 0.736. The zero-order valence-electron chi connectivity index (χ0n) is 12.3. The van der Waals surface area contributed by atoms with Gasteiger partial charge in [-0.15, -0.1) is 11.3 Å². The number of thiazole rings is 1. The van der Waals surface area contributed by atoms with Crippen LogP contribution in [0, 0.1) is 5.92 Å². The van der Waals surface area contributed by atoms with Crippen molar-refractivity contribution in [1.82, 2.24) is 24.9 Å². The van der Waals surface area contributed by atoms with E-state index in [1.54, 1.807) is 12.5 Å². The zero-order chi connectivity index (χ0) is 15.6. The first-order valence-corrected chi connectivity index (χ1v) is 8.28. The molecule has 0 radical (unpaired) electrons. The van der Waals surface area contributed by atoms with Gasteiger partial charge < -0.3 is 15.2 Å². The first kappa shape index (κ1) is 14.1. The number of rotatable bonds is 3. The van der Waals surface area contributed by atoms with Crippen LogP contribution in [0.4, 0.5) is 10.9 Å². The van der Waals surface area contributed by atoms with Crippen molar-refractivity contribution >= 4 is 39.4 Å². The summed E-state index contributed by atoms with van der Waals surface area (Å²) in [6.45, 7) is 1.49. The van der Waals surface area contributed by atoms with Gasteiger partial charge in [0.1, 0.15) is 11.8 Å². The molecule has 0 spiro atoms. The summed E-state index contributed by atoms with van der Waals surface area (Å²) in [4.78, 5) is 34.4. The fraction of sp³-hybridized carbons (Fsp3) is 0.357. The van der Waals surface area contributed by atoms with Crippen molar-refractivity contribution in [1.29, 1.82) is 0 Å². The number of carbonyl (C=O) groups excluding carboxylic acids is 1. The fourth-order valence-corrected chi connectivity index (χ4v) is 3.40. The van der Waals surface area contributed by atoms with Crippen LogP contribution in [-0.4, -0.2) is 43.9 Å². The third-order valence-corrected chi connectivity index (χ3v) is 4.65. The predicted octanol–water partition coefficient (Wildman–Crippen LogP) is 1.66. The van der Waals surface area contributed by atoms with Crippen molar-refractivity contribution in [2.75, 3.05) is 23.3 Å². The monoisotopic (exact) mass is 329 g/mol. The van der Waals surface area contributed by atoms with Crippen LogP contribution in [0.15, 0.2) is 24.2 Å². The molecule has 0 unspecified atom stereocenters. The first-order chi connectivity index (χ1) is 11.3. The van der Waals surface area contributed by atoms with Crippen molar-refractivity contribution in [2.45, 2.75) is 12.8 Å². The highest BCUT2D eigenvalue weighted by molar-refractivity contribution is 7.13. The van der Waals surface area contributed by atoms with E-state index < -0.39 is 0 Å². The molecule has 2 N–H and O–H groups in total. The summed E-state index contributed by atoms with van der Waals surface area (Å²) in [7, 11) is 0. The van der Waals surface area contributed by atoms with Gasteiger partial charge in [0.15, 0.2) is 16.6 Å². The van der Waals surface area contributed by atoms with Crippen LogP contribution >= 0.6 is 11.3 Å². The normalized spacial score (nSPS) is 18.3. The third-order valence-electron chi connectivity index (χ3n) is 3.96. The van der Waals surface area contributed by atoms with Crippen LogP contribution in [0.25, 0.3) is 11.2 Å². The molecule has 1 aliphatic heterocycles. The van der Waals surface area contributed by atoms with Crippen LogP contribution < -0.4 is 10.2 Å². The molecule has 0 aliphatic carbocycles. The number of nitrogens with one attached hydrogen (secondary N) is 2. The Labute approximate surface area is 136 Å². The van der Waals surface area contributed by atoms with E-state index in [-0.39, 0.29) is 11.8 Å². The number of anilines is 2. The van der Waals surface area contributed by atoms with Crippen molar-refractivity contribution in [3.63, 3.8) is 0 Å². The fourth-order valence-electron chi connectivity index (χ4n) is 2.87. The van der Waals surface area contributed by atoms with E-state index >= 15 is 0 Å². The predicted molar refractivity (Wildman–Crippen MR) is 87.4 cm³/mol. The van der Waals surface area contributed by atoms with E-state index in [2.05, 4.69) is 35.1 Å². The molecule has 1 saturated heterocycles. The van der Waals surface area contributed by atoms with Crippen molar-refractivity contribution in [3.05, 3.63) is 24.2 Å². The van der Waals surface area contributed by atoms with E-state index in [1.807, 2.05) is 5.38 Å². The van der Waals surface area contributed by atoms with Gasteiger partial charge in [-0.25, -0.2) is 19.9 Å². The summed E-state index contributed by atoms with van der Waals surface area (Å²) in [5.41, 5.74) is 1.46. The Morgan fingerprint density at radius 1 is 1.35 bits per heavy atom. The Kier molecular flexibility index (Phi) is 3.62. The molecule has 0 saturated carbocycles. The Bertz CT molecular complexity index is 816. The average molecular weight is 329 g/mol. The number of H-pyrrole nitrogens is 1. The summed E-state index contributed by atoms with van der Waals surface area (Å²) in [6, 6.07) is 0. The van der Waals surface area contributed by atoms with Crippen LogP contribution in [0.3, 0.4) is 0 Å². The maximum atomic E-state index is 12.4. The van der Waals surface area contributed by atoms with Gasteiger partial charge >= 0.3 is 0 Å². The molecule has 3 aromatic rings. The van der Waals surface area contributed by atoms with E-state index in [1.165, 1.54) is 17.7 Å². The second-order valence-corrected chi connectivity index (χ2v) is 6.30. The summed E-state index contributed by atoms with van der Waals surface area (Å²) >= 11 is 1.42. The van der Waals surface area contributed by atoms with Crippen molar-refractivity contribution < 1.29 is 4.79 Å². The molecular formula is C14H15N7OS. The van der Waals surface area contributed by atoms with E-state index in [4.69, 9.17) is 0 Å². The number of amides is 1. The number of imidazole rings is 1. The van der Waals surface area contributed by atoms with Gasteiger partial charge in [0, 0.05) is 24.7 Å². The van der Waals surface area contributed by atoms with Gasteiger partial charge in [-0.2, -0.15) is 0 Å². The molecule has 1 amide bonds. The van der Waals surface area contributed by atoms with Crippen LogP contribution in [0.1, 0.15) is 12.8 Å². The van der Waals surface area contributed by atoms with E-state index in [0.717, 1.165) is 30.7 Å². The number of aromatic amines is 1. The lowest BCUT2D eigenvalue weighted by atomic mass is 9.97. The SMILES string of the molecule is O=C(Nc1nccs1)[C@@H]1CCCN(c2ncnc3nc[nH]c23)C1. The minimum atomic E-state index is -0.0828. The molecule has 3 aromatic heterocycles. The molecule has 1 aliphatic rings. The highest BCUT2D eigenvalue weighted by Crippen LogP contribution is 2.26. The summed E-state index contributed by atoms with van der Waals surface area (Å²) in [5, 5.41) is 5.37. The van der Waals surface area contributed by atoms with Gasteiger partial charge in [0.2, 0.25) is 5.91 Å². The third kappa shape index (κ3) is 2.74. The highest BCUT2D eigenvalue weighted by Gasteiger charge is 2.28. The number of hydrogen-bond acceptors (Lipinski definition) is 7. The molecule has 1 atom stereocenters. The van der Waals surface area contributed by atoms with Gasteiger partial charge in [-0.1, -0.05) is 0 Å². The molecule has 0 bridgehead atoms. The maximum Gasteiger partial charge on any atom is 0.231 e. The van der Waals surface area contributed by atoms with E-state index in [9.17, 15) is 4.79 Å². The number of fused-ring (bicyclic) bond motifs is 1. The van der Waals surface area contributed by atoms with Gasteiger partial charge in [0.05, 0.1) is 12.2 Å². The molecular weight excluding hydrogens is 314 g/mol. The number of carbonyl (C=O) groups is 1. The lowest BCUT2D eigenvalue weighted by Gasteiger charge is -2.32. The minimum Gasteiger partial charge on any atom is -0.354 e. The topological polar surface area (TPSA) is 99.7 Å². The molecule has 4 heterocycles. The Balaban J connectivity index is 1.53. The largest absolute Gasteiger partial charge is 0.354 e. The lowest BCUT2D eigenvalue weighted by molar-refractivity contribution is -0.120. The van der Waals surface area contributed by atoms with Crippen LogP contribution in [-0.2, 0) is 4.79 Å². The number of hydrogen-bond donors (Lipinski definition) is 2. The van der Waals surface area contributed by atoms with Crippen LogP contribution in [0.5, 0.6) is 0 Å². The molecule has 9 heteroatoms. The minimum absolute atomic E-state index is 0.0135. The number of aromatic nitrogens is 5. The lowest BCUT2D eigenvalue weighted by Crippen LogP contribution is -2.41. The van der Waals surface area contributed by atoms with Crippen molar-refractivity contribution in [3.8, 4) is 0 Å². The molecule has 23 heavy (non-hydrogen) atoms. The standard InChI is InChI=1S/C14H15N7OS/c22-13(20-14-15-3-5-23-14)9-2-1-4-21(6-9)12-10-11(17-7-16-10)18-8-19-12/h3,5,7-9H,1-2,4,6H2,(H,15,20,22)(H,16,17,18,19)/t9-/m1/s1. The Morgan fingerprint density at radius 2 is 2.30 bits per heavy atom. The first-order valence-electron chi connectivity index (χ1n) is 7.40. The average Bonchev–Trinajstić information content (AvgIpc) is 3.25. The second-order valence-electron chi connectivity index (χ2n) is 5.41. The zero-order valence-corrected chi connectivity index (χ0v) is 13.1. The quantitative estimate of drug-likeness (QED) is 0.758. The summed E-state index contributed by atoms with van der Waals surface area (Å²) < 4.78 is 0.